The molecule has 20 heavy (non-hydrogen) atoms. The molecule has 4 nitrogen and oxygen atoms in total. The molecule has 1 aliphatic heterocycles. The van der Waals surface area contributed by atoms with Gasteiger partial charge in [-0.1, -0.05) is 12.2 Å². The van der Waals surface area contributed by atoms with Gasteiger partial charge in [0.2, 0.25) is 0 Å². The van der Waals surface area contributed by atoms with E-state index in [9.17, 15) is 4.79 Å². The predicted molar refractivity (Wildman–Crippen MR) is 80.2 cm³/mol. The largest absolute Gasteiger partial charge is 0.482 e. The van der Waals surface area contributed by atoms with E-state index in [1.54, 1.807) is 21.7 Å². The Balaban J connectivity index is 2.05. The van der Waals surface area contributed by atoms with Gasteiger partial charge in [-0.25, -0.2) is 4.98 Å². The molecule has 1 amide bonds. The Morgan fingerprint density at radius 3 is 3.10 bits per heavy atom. The van der Waals surface area contributed by atoms with Gasteiger partial charge in [0.05, 0.1) is 16.9 Å². The fraction of sp³-hybridized carbons (Fsp3) is 0.200. The van der Waals surface area contributed by atoms with Crippen LogP contribution in [0.3, 0.4) is 0 Å². The van der Waals surface area contributed by atoms with E-state index in [0.29, 0.717) is 6.54 Å². The van der Waals surface area contributed by atoms with Crippen molar-refractivity contribution in [2.45, 2.75) is 6.92 Å². The summed E-state index contributed by atoms with van der Waals surface area (Å²) in [4.78, 5) is 18.1. The van der Waals surface area contributed by atoms with Crippen LogP contribution < -0.4 is 9.64 Å². The number of thiazole rings is 1. The minimum absolute atomic E-state index is 0.0454. The molecule has 0 bridgehead atoms. The van der Waals surface area contributed by atoms with Gasteiger partial charge in [0.25, 0.3) is 5.91 Å². The number of anilines is 1. The maximum Gasteiger partial charge on any atom is 0.265 e. The van der Waals surface area contributed by atoms with E-state index in [0.717, 1.165) is 28.3 Å². The van der Waals surface area contributed by atoms with Crippen LogP contribution in [0.15, 0.2) is 41.2 Å². The minimum Gasteiger partial charge on any atom is -0.482 e. The third kappa shape index (κ3) is 2.32. The average molecular weight is 286 g/mol. The van der Waals surface area contributed by atoms with Gasteiger partial charge in [-0.15, -0.1) is 11.3 Å². The molecular formula is C15H14N2O2S. The van der Waals surface area contributed by atoms with E-state index in [2.05, 4.69) is 11.6 Å². The van der Waals surface area contributed by atoms with Gasteiger partial charge in [0, 0.05) is 17.5 Å². The zero-order chi connectivity index (χ0) is 14.1. The van der Waals surface area contributed by atoms with Crippen LogP contribution in [0.5, 0.6) is 5.75 Å². The first-order valence-corrected chi connectivity index (χ1v) is 7.19. The quantitative estimate of drug-likeness (QED) is 0.814. The average Bonchev–Trinajstić information content (AvgIpc) is 2.95. The summed E-state index contributed by atoms with van der Waals surface area (Å²) in [5.41, 5.74) is 5.41. The fourth-order valence-electron chi connectivity index (χ4n) is 2.16. The van der Waals surface area contributed by atoms with E-state index in [-0.39, 0.29) is 12.5 Å². The summed E-state index contributed by atoms with van der Waals surface area (Å²) in [7, 11) is 0. The minimum atomic E-state index is -0.0454. The lowest BCUT2D eigenvalue weighted by Gasteiger charge is -2.29. The van der Waals surface area contributed by atoms with Gasteiger partial charge in [0.1, 0.15) is 5.75 Å². The first kappa shape index (κ1) is 12.9. The lowest BCUT2D eigenvalue weighted by atomic mass is 10.1. The van der Waals surface area contributed by atoms with Crippen LogP contribution in [-0.4, -0.2) is 24.0 Å². The number of ether oxygens (including phenoxy) is 1. The topological polar surface area (TPSA) is 42.4 Å². The number of hydrogen-bond acceptors (Lipinski definition) is 4. The van der Waals surface area contributed by atoms with Gasteiger partial charge in [-0.3, -0.25) is 4.79 Å². The van der Waals surface area contributed by atoms with Crippen molar-refractivity contribution in [2.24, 2.45) is 0 Å². The summed E-state index contributed by atoms with van der Waals surface area (Å²) >= 11 is 1.55. The molecule has 2 heterocycles. The molecule has 0 fully saturated rings. The Hall–Kier alpha value is -2.14. The van der Waals surface area contributed by atoms with E-state index < -0.39 is 0 Å². The van der Waals surface area contributed by atoms with Crippen LogP contribution >= 0.6 is 11.3 Å². The zero-order valence-electron chi connectivity index (χ0n) is 11.1. The molecule has 0 aliphatic carbocycles. The smallest absolute Gasteiger partial charge is 0.265 e. The monoisotopic (exact) mass is 286 g/mol. The lowest BCUT2D eigenvalue weighted by Crippen LogP contribution is -2.39. The predicted octanol–water partition coefficient (Wildman–Crippen LogP) is 3.11. The second kappa shape index (κ2) is 5.09. The van der Waals surface area contributed by atoms with Gasteiger partial charge >= 0.3 is 0 Å². The number of aromatic nitrogens is 1. The number of nitrogens with zero attached hydrogens (tertiary/aromatic N) is 2. The molecule has 1 aromatic heterocycles. The highest BCUT2D eigenvalue weighted by molar-refractivity contribution is 7.07. The zero-order valence-corrected chi connectivity index (χ0v) is 11.9. The third-order valence-electron chi connectivity index (χ3n) is 3.06. The van der Waals surface area contributed by atoms with Crippen molar-refractivity contribution in [3.8, 4) is 17.0 Å². The normalized spacial score (nSPS) is 13.8. The van der Waals surface area contributed by atoms with Gasteiger partial charge in [-0.2, -0.15) is 0 Å². The van der Waals surface area contributed by atoms with E-state index in [1.165, 1.54) is 0 Å². The number of rotatable bonds is 3. The number of benzene rings is 1. The Morgan fingerprint density at radius 2 is 2.40 bits per heavy atom. The highest BCUT2D eigenvalue weighted by Crippen LogP contribution is 2.36. The van der Waals surface area contributed by atoms with Crippen LogP contribution in [0, 0.1) is 0 Å². The Bertz CT molecular complexity index is 665. The van der Waals surface area contributed by atoms with Crippen molar-refractivity contribution in [3.63, 3.8) is 0 Å². The number of fused-ring (bicyclic) bond motifs is 1. The summed E-state index contributed by atoms with van der Waals surface area (Å²) < 4.78 is 5.48. The van der Waals surface area contributed by atoms with E-state index >= 15 is 0 Å². The van der Waals surface area contributed by atoms with Gasteiger partial charge < -0.3 is 9.64 Å². The molecule has 0 atom stereocenters. The summed E-state index contributed by atoms with van der Waals surface area (Å²) in [6.45, 7) is 6.38. The number of hydrogen-bond donors (Lipinski definition) is 0. The standard InChI is InChI=1S/C15H14N2O2S/c1-10(2)6-17-13-5-11(12-8-20-9-16-12)3-4-14(13)19-7-15(17)18/h3-5,8-9H,1,6-7H2,2H3. The molecule has 0 saturated heterocycles. The lowest BCUT2D eigenvalue weighted by molar-refractivity contribution is -0.121. The summed E-state index contributed by atoms with van der Waals surface area (Å²) in [6.07, 6.45) is 0. The Labute approximate surface area is 121 Å². The molecular weight excluding hydrogens is 272 g/mol. The van der Waals surface area contributed by atoms with Crippen LogP contribution in [0.1, 0.15) is 6.92 Å². The van der Waals surface area contributed by atoms with Gasteiger partial charge in [-0.05, 0) is 25.1 Å². The van der Waals surface area contributed by atoms with Crippen LogP contribution in [0.25, 0.3) is 11.3 Å². The summed E-state index contributed by atoms with van der Waals surface area (Å²) in [5, 5.41) is 1.98. The second-order valence-corrected chi connectivity index (χ2v) is 5.50. The molecule has 1 aliphatic rings. The maximum atomic E-state index is 12.0. The molecule has 0 radical (unpaired) electrons. The molecule has 0 saturated carbocycles. The molecule has 2 aromatic rings. The van der Waals surface area contributed by atoms with Crippen molar-refractivity contribution in [2.75, 3.05) is 18.1 Å². The molecule has 0 N–H and O–H groups in total. The molecule has 0 spiro atoms. The van der Waals surface area contributed by atoms with E-state index in [4.69, 9.17) is 4.74 Å². The number of carbonyl (C=O) groups is 1. The molecule has 1 aromatic carbocycles. The van der Waals surface area contributed by atoms with Crippen LogP contribution in [0.4, 0.5) is 5.69 Å². The number of amides is 1. The third-order valence-corrected chi connectivity index (χ3v) is 3.64. The number of carbonyl (C=O) groups excluding carboxylic acids is 1. The van der Waals surface area contributed by atoms with Crippen molar-refractivity contribution < 1.29 is 9.53 Å². The summed E-state index contributed by atoms with van der Waals surface area (Å²) in [6, 6.07) is 5.80. The van der Waals surface area contributed by atoms with Crippen molar-refractivity contribution in [3.05, 3.63) is 41.2 Å². The highest BCUT2D eigenvalue weighted by atomic mass is 32.1. The maximum absolute atomic E-state index is 12.0. The first-order chi connectivity index (χ1) is 9.65. The molecule has 5 heteroatoms. The Kier molecular flexibility index (Phi) is 3.28. The van der Waals surface area contributed by atoms with E-state index in [1.807, 2.05) is 30.5 Å². The van der Waals surface area contributed by atoms with Crippen molar-refractivity contribution >= 4 is 22.9 Å². The molecule has 102 valence electrons. The van der Waals surface area contributed by atoms with Gasteiger partial charge in [0.15, 0.2) is 6.61 Å². The SMILES string of the molecule is C=C(C)CN1C(=O)COc2ccc(-c3cscn3)cc21. The fourth-order valence-corrected chi connectivity index (χ4v) is 2.72. The van der Waals surface area contributed by atoms with Crippen LogP contribution in [-0.2, 0) is 4.79 Å². The summed E-state index contributed by atoms with van der Waals surface area (Å²) in [5.74, 6) is 0.681. The second-order valence-electron chi connectivity index (χ2n) is 4.78. The molecule has 0 unspecified atom stereocenters. The molecule has 3 rings (SSSR count). The van der Waals surface area contributed by atoms with Crippen molar-refractivity contribution in [1.82, 2.24) is 4.98 Å². The highest BCUT2D eigenvalue weighted by Gasteiger charge is 2.25. The Morgan fingerprint density at radius 1 is 1.55 bits per heavy atom. The van der Waals surface area contributed by atoms with Crippen molar-refractivity contribution in [1.29, 1.82) is 0 Å². The first-order valence-electron chi connectivity index (χ1n) is 6.25. The van der Waals surface area contributed by atoms with Crippen LogP contribution in [0.2, 0.25) is 0 Å².